The Kier molecular flexibility index (Phi) is 5.31. The summed E-state index contributed by atoms with van der Waals surface area (Å²) in [5.74, 6) is 3.57. The van der Waals surface area contributed by atoms with Crippen LogP contribution >= 0.6 is 0 Å². The molecule has 0 aromatic heterocycles. The molecule has 4 nitrogen and oxygen atoms in total. The Morgan fingerprint density at radius 3 is 2.14 bits per heavy atom. The fourth-order valence-electron chi connectivity index (χ4n) is 7.61. The van der Waals surface area contributed by atoms with Gasteiger partial charge in [-0.3, -0.25) is 4.79 Å². The Morgan fingerprint density at radius 2 is 1.59 bits per heavy atom. The van der Waals surface area contributed by atoms with Gasteiger partial charge in [-0.15, -0.1) is 0 Å². The average Bonchev–Trinajstić information content (AvgIpc) is 3.29. The third kappa shape index (κ3) is 4.23. The smallest absolute Gasteiger partial charge is 0.347 e. The van der Waals surface area contributed by atoms with E-state index < -0.39 is 6.10 Å². The fraction of sp³-hybridized carbons (Fsp3) is 0.920. The first-order valence-corrected chi connectivity index (χ1v) is 11.8. The summed E-state index contributed by atoms with van der Waals surface area (Å²) in [5.41, 5.74) is 0.673. The van der Waals surface area contributed by atoms with Crippen molar-refractivity contribution in [2.45, 2.75) is 86.2 Å². The lowest BCUT2D eigenvalue weighted by Crippen LogP contribution is -2.37. The number of fused-ring (bicyclic) bond motifs is 5. The highest BCUT2D eigenvalue weighted by atomic mass is 16.6. The maximum absolute atomic E-state index is 13.0. The van der Waals surface area contributed by atoms with Crippen LogP contribution in [0, 0.1) is 52.3 Å². The number of rotatable bonds is 4. The first-order chi connectivity index (χ1) is 13.4. The van der Waals surface area contributed by atoms with E-state index in [2.05, 4.69) is 41.5 Å². The molecule has 8 atom stereocenters. The maximum atomic E-state index is 13.0. The molecule has 0 N–H and O–H groups in total. The molecule has 164 valence electrons. The zero-order chi connectivity index (χ0) is 21.1. The molecule has 0 amide bonds. The van der Waals surface area contributed by atoms with E-state index in [1.807, 2.05) is 0 Å². The van der Waals surface area contributed by atoms with Crippen molar-refractivity contribution in [1.29, 1.82) is 0 Å². The lowest BCUT2D eigenvalue weighted by molar-refractivity contribution is -0.165. The van der Waals surface area contributed by atoms with E-state index in [0.29, 0.717) is 41.6 Å². The lowest BCUT2D eigenvalue weighted by Gasteiger charge is -2.37. The zero-order valence-corrected chi connectivity index (χ0v) is 19.2. The number of esters is 2. The number of hydrogen-bond donors (Lipinski definition) is 0. The quantitative estimate of drug-likeness (QED) is 0.601. The van der Waals surface area contributed by atoms with E-state index in [4.69, 9.17) is 9.47 Å². The third-order valence-corrected chi connectivity index (χ3v) is 8.02. The van der Waals surface area contributed by atoms with Gasteiger partial charge in [0.2, 0.25) is 6.10 Å². The van der Waals surface area contributed by atoms with Crippen LogP contribution in [-0.4, -0.2) is 24.6 Å². The van der Waals surface area contributed by atoms with Crippen molar-refractivity contribution in [3.8, 4) is 0 Å². The van der Waals surface area contributed by atoms with Crippen molar-refractivity contribution >= 4 is 11.9 Å². The highest BCUT2D eigenvalue weighted by Gasteiger charge is 2.62. The van der Waals surface area contributed by atoms with Gasteiger partial charge in [0.1, 0.15) is 0 Å². The molecule has 4 aliphatic rings. The molecule has 0 aromatic rings. The standard InChI is InChI=1S/C25H40O4/c1-24(2,3)12-15-9-16(13-25(4,5)6)21-17-10-14(20(15)21)11-18(17)22(26)29-19-7-8-28-23(19)27/h14-21H,7-13H2,1-6H3. The molecule has 4 heteroatoms. The summed E-state index contributed by atoms with van der Waals surface area (Å²) >= 11 is 0. The molecule has 1 saturated heterocycles. The van der Waals surface area contributed by atoms with Crippen molar-refractivity contribution in [1.82, 2.24) is 0 Å². The molecule has 4 fully saturated rings. The Morgan fingerprint density at radius 1 is 0.966 bits per heavy atom. The minimum Gasteiger partial charge on any atom is -0.463 e. The van der Waals surface area contributed by atoms with Gasteiger partial charge in [0.05, 0.1) is 12.5 Å². The average molecular weight is 405 g/mol. The van der Waals surface area contributed by atoms with Gasteiger partial charge in [-0.1, -0.05) is 41.5 Å². The van der Waals surface area contributed by atoms with Crippen molar-refractivity contribution in [2.24, 2.45) is 52.3 Å². The van der Waals surface area contributed by atoms with Crippen LogP contribution in [0.25, 0.3) is 0 Å². The molecular weight excluding hydrogens is 364 g/mol. The Labute approximate surface area is 176 Å². The number of cyclic esters (lactones) is 1. The molecule has 1 heterocycles. The van der Waals surface area contributed by atoms with Crippen molar-refractivity contribution in [2.75, 3.05) is 6.61 Å². The van der Waals surface area contributed by atoms with Gasteiger partial charge in [-0.05, 0) is 78.4 Å². The van der Waals surface area contributed by atoms with Crippen LogP contribution in [0.4, 0.5) is 0 Å². The molecule has 4 rings (SSSR count). The van der Waals surface area contributed by atoms with E-state index in [-0.39, 0.29) is 17.9 Å². The number of carbonyl (C=O) groups excluding carboxylic acids is 2. The van der Waals surface area contributed by atoms with Crippen LogP contribution in [0.3, 0.4) is 0 Å². The van der Waals surface area contributed by atoms with Gasteiger partial charge in [-0.25, -0.2) is 4.79 Å². The Hall–Kier alpha value is -1.06. The van der Waals surface area contributed by atoms with Crippen LogP contribution in [0.5, 0.6) is 0 Å². The van der Waals surface area contributed by atoms with Gasteiger partial charge in [-0.2, -0.15) is 0 Å². The third-order valence-electron chi connectivity index (χ3n) is 8.02. The Balaban J connectivity index is 1.51. The fourth-order valence-corrected chi connectivity index (χ4v) is 7.61. The molecular formula is C25H40O4. The lowest BCUT2D eigenvalue weighted by atomic mass is 9.68. The summed E-state index contributed by atoms with van der Waals surface area (Å²) in [6, 6.07) is 0. The highest BCUT2D eigenvalue weighted by Crippen LogP contribution is 2.67. The summed E-state index contributed by atoms with van der Waals surface area (Å²) in [7, 11) is 0. The van der Waals surface area contributed by atoms with Crippen LogP contribution in [0.2, 0.25) is 0 Å². The van der Waals surface area contributed by atoms with Gasteiger partial charge in [0.25, 0.3) is 0 Å². The molecule has 0 aromatic carbocycles. The van der Waals surface area contributed by atoms with Crippen molar-refractivity contribution in [3.63, 3.8) is 0 Å². The predicted octanol–water partition coefficient (Wildman–Crippen LogP) is 5.24. The SMILES string of the molecule is CC(C)(C)CC1CC(CC(C)(C)C)C2C3CC(CC3C(=O)OC3CCOC3=O)C12. The summed E-state index contributed by atoms with van der Waals surface area (Å²) in [6.07, 6.45) is 5.86. The summed E-state index contributed by atoms with van der Waals surface area (Å²) in [6.45, 7) is 14.5. The van der Waals surface area contributed by atoms with E-state index >= 15 is 0 Å². The summed E-state index contributed by atoms with van der Waals surface area (Å²) in [4.78, 5) is 24.7. The monoisotopic (exact) mass is 404 g/mol. The zero-order valence-electron chi connectivity index (χ0n) is 19.2. The normalized spacial score (nSPS) is 41.5. The molecule has 29 heavy (non-hydrogen) atoms. The topological polar surface area (TPSA) is 52.6 Å². The largest absolute Gasteiger partial charge is 0.463 e. The van der Waals surface area contributed by atoms with E-state index in [9.17, 15) is 9.59 Å². The van der Waals surface area contributed by atoms with Gasteiger partial charge in [0.15, 0.2) is 0 Å². The molecule has 2 bridgehead atoms. The molecule has 3 saturated carbocycles. The van der Waals surface area contributed by atoms with Crippen LogP contribution in [0.1, 0.15) is 80.1 Å². The molecule has 8 unspecified atom stereocenters. The molecule has 1 aliphatic heterocycles. The van der Waals surface area contributed by atoms with Crippen LogP contribution in [0.15, 0.2) is 0 Å². The van der Waals surface area contributed by atoms with Gasteiger partial charge < -0.3 is 9.47 Å². The molecule has 3 aliphatic carbocycles. The van der Waals surface area contributed by atoms with Gasteiger partial charge in [0, 0.05) is 6.42 Å². The highest BCUT2D eigenvalue weighted by molar-refractivity contribution is 5.81. The second kappa shape index (κ2) is 7.27. The van der Waals surface area contributed by atoms with Crippen LogP contribution < -0.4 is 0 Å². The van der Waals surface area contributed by atoms with E-state index in [0.717, 1.165) is 24.2 Å². The minimum atomic E-state index is -0.667. The number of hydrogen-bond acceptors (Lipinski definition) is 4. The van der Waals surface area contributed by atoms with Gasteiger partial charge >= 0.3 is 11.9 Å². The van der Waals surface area contributed by atoms with Crippen molar-refractivity contribution < 1.29 is 19.1 Å². The molecule has 0 spiro atoms. The summed E-state index contributed by atoms with van der Waals surface area (Å²) < 4.78 is 10.6. The number of carbonyl (C=O) groups is 2. The second-order valence-electron chi connectivity index (χ2n) is 12.8. The Bertz CT molecular complexity index is 655. The van der Waals surface area contributed by atoms with E-state index in [1.165, 1.54) is 25.7 Å². The van der Waals surface area contributed by atoms with E-state index in [1.54, 1.807) is 0 Å². The second-order valence-corrected chi connectivity index (χ2v) is 12.8. The van der Waals surface area contributed by atoms with Crippen molar-refractivity contribution in [3.05, 3.63) is 0 Å². The first-order valence-electron chi connectivity index (χ1n) is 11.8. The first kappa shape index (κ1) is 21.2. The predicted molar refractivity (Wildman–Crippen MR) is 112 cm³/mol. The van der Waals surface area contributed by atoms with Crippen LogP contribution in [-0.2, 0) is 19.1 Å². The molecule has 0 radical (unpaired) electrons. The number of ether oxygens (including phenoxy) is 2. The maximum Gasteiger partial charge on any atom is 0.347 e. The minimum absolute atomic E-state index is 0.00879. The summed E-state index contributed by atoms with van der Waals surface area (Å²) in [5, 5.41) is 0.